The molecule has 0 radical (unpaired) electrons. The summed E-state index contributed by atoms with van der Waals surface area (Å²) in [7, 11) is 1.95. The predicted octanol–water partition coefficient (Wildman–Crippen LogP) is 1.11. The lowest BCUT2D eigenvalue weighted by molar-refractivity contribution is 0.538. The second-order valence-corrected chi connectivity index (χ2v) is 5.28. The second-order valence-electron chi connectivity index (χ2n) is 5.28. The number of hydrogen-bond donors (Lipinski definition) is 1. The summed E-state index contributed by atoms with van der Waals surface area (Å²) in [6.07, 6.45) is 1.77. The van der Waals surface area contributed by atoms with Gasteiger partial charge in [0.2, 0.25) is 0 Å². The summed E-state index contributed by atoms with van der Waals surface area (Å²) in [5, 5.41) is 12.1. The molecule has 0 atom stereocenters. The van der Waals surface area contributed by atoms with E-state index in [0.29, 0.717) is 12.5 Å². The maximum atomic E-state index is 4.45. The summed E-state index contributed by atoms with van der Waals surface area (Å²) < 4.78 is 3.73. The fraction of sp³-hybridized carbons (Fsp3) is 0.615. The summed E-state index contributed by atoms with van der Waals surface area (Å²) in [6.45, 7) is 8.76. The van der Waals surface area contributed by atoms with Crippen LogP contribution in [0, 0.1) is 12.8 Å². The molecule has 0 saturated heterocycles. The molecule has 19 heavy (non-hydrogen) atoms. The highest BCUT2D eigenvalue weighted by Gasteiger charge is 2.05. The van der Waals surface area contributed by atoms with Gasteiger partial charge in [0.1, 0.15) is 6.33 Å². The van der Waals surface area contributed by atoms with Crippen molar-refractivity contribution in [2.45, 2.75) is 33.9 Å². The Morgan fingerprint density at radius 3 is 2.74 bits per heavy atom. The van der Waals surface area contributed by atoms with E-state index in [-0.39, 0.29) is 0 Å². The Labute approximate surface area is 113 Å². The van der Waals surface area contributed by atoms with Crippen LogP contribution >= 0.6 is 0 Å². The van der Waals surface area contributed by atoms with Crippen molar-refractivity contribution in [1.82, 2.24) is 29.9 Å². The maximum absolute atomic E-state index is 4.45. The zero-order chi connectivity index (χ0) is 13.8. The van der Waals surface area contributed by atoms with Gasteiger partial charge in [-0.05, 0) is 25.5 Å². The van der Waals surface area contributed by atoms with Gasteiger partial charge in [0.05, 0.1) is 24.5 Å². The SMILES string of the molecule is Cc1cc(Cn2cnc(CNCC(C)C)n2)n(C)n1. The molecule has 0 aromatic carbocycles. The summed E-state index contributed by atoms with van der Waals surface area (Å²) in [5.41, 5.74) is 2.15. The van der Waals surface area contributed by atoms with E-state index in [1.807, 2.05) is 23.3 Å². The third-order valence-corrected chi connectivity index (χ3v) is 2.84. The molecule has 0 spiro atoms. The van der Waals surface area contributed by atoms with Gasteiger partial charge in [0.15, 0.2) is 5.82 Å². The summed E-state index contributed by atoms with van der Waals surface area (Å²) >= 11 is 0. The molecule has 0 amide bonds. The number of rotatable bonds is 6. The van der Waals surface area contributed by atoms with Crippen LogP contribution in [-0.2, 0) is 20.1 Å². The van der Waals surface area contributed by atoms with E-state index in [4.69, 9.17) is 0 Å². The molecule has 2 heterocycles. The van der Waals surface area contributed by atoms with Crippen molar-refractivity contribution in [2.75, 3.05) is 6.54 Å². The quantitative estimate of drug-likeness (QED) is 0.847. The minimum absolute atomic E-state index is 0.638. The molecule has 0 unspecified atom stereocenters. The van der Waals surface area contributed by atoms with Gasteiger partial charge < -0.3 is 5.32 Å². The van der Waals surface area contributed by atoms with Crippen molar-refractivity contribution < 1.29 is 0 Å². The Morgan fingerprint density at radius 1 is 1.32 bits per heavy atom. The molecule has 0 aliphatic rings. The first kappa shape index (κ1) is 13.7. The van der Waals surface area contributed by atoms with E-state index < -0.39 is 0 Å². The Kier molecular flexibility index (Phi) is 4.31. The molecule has 2 rings (SSSR count). The highest BCUT2D eigenvalue weighted by atomic mass is 15.4. The van der Waals surface area contributed by atoms with Gasteiger partial charge in [0.25, 0.3) is 0 Å². The lowest BCUT2D eigenvalue weighted by Gasteiger charge is -2.04. The third-order valence-electron chi connectivity index (χ3n) is 2.84. The van der Waals surface area contributed by atoms with Gasteiger partial charge in [-0.25, -0.2) is 9.67 Å². The van der Waals surface area contributed by atoms with Crippen LogP contribution < -0.4 is 5.32 Å². The van der Waals surface area contributed by atoms with E-state index in [1.165, 1.54) is 0 Å². The minimum atomic E-state index is 0.638. The van der Waals surface area contributed by atoms with Crippen molar-refractivity contribution in [3.05, 3.63) is 29.6 Å². The second kappa shape index (κ2) is 5.97. The Hall–Kier alpha value is -1.69. The standard InChI is InChI=1S/C13H22N6/c1-10(2)6-14-7-13-15-9-19(17-13)8-12-5-11(3)16-18(12)4/h5,9-10,14H,6-8H2,1-4H3. The van der Waals surface area contributed by atoms with Crippen LogP contribution in [0.2, 0.25) is 0 Å². The lowest BCUT2D eigenvalue weighted by Crippen LogP contribution is -2.19. The Balaban J connectivity index is 1.92. The molecule has 0 aliphatic heterocycles. The van der Waals surface area contributed by atoms with Crippen LogP contribution in [0.1, 0.15) is 31.1 Å². The fourth-order valence-electron chi connectivity index (χ4n) is 1.94. The first-order chi connectivity index (χ1) is 9.04. The minimum Gasteiger partial charge on any atom is -0.310 e. The molecule has 2 aromatic heterocycles. The number of hydrogen-bond acceptors (Lipinski definition) is 4. The van der Waals surface area contributed by atoms with Gasteiger partial charge in [0, 0.05) is 7.05 Å². The smallest absolute Gasteiger partial charge is 0.164 e. The molecule has 1 N–H and O–H groups in total. The van der Waals surface area contributed by atoms with Crippen molar-refractivity contribution in [3.63, 3.8) is 0 Å². The van der Waals surface area contributed by atoms with E-state index >= 15 is 0 Å². The summed E-state index contributed by atoms with van der Waals surface area (Å²) in [6, 6.07) is 2.07. The molecule has 6 heteroatoms. The molecular formula is C13H22N6. The van der Waals surface area contributed by atoms with Crippen LogP contribution in [0.25, 0.3) is 0 Å². The van der Waals surface area contributed by atoms with Gasteiger partial charge in [-0.1, -0.05) is 13.8 Å². The molecule has 0 bridgehead atoms. The molecule has 0 aliphatic carbocycles. The van der Waals surface area contributed by atoms with Gasteiger partial charge in [-0.15, -0.1) is 0 Å². The van der Waals surface area contributed by atoms with Gasteiger partial charge in [-0.2, -0.15) is 10.2 Å². The molecule has 0 fully saturated rings. The van der Waals surface area contributed by atoms with Crippen LogP contribution in [0.3, 0.4) is 0 Å². The van der Waals surface area contributed by atoms with E-state index in [0.717, 1.165) is 30.3 Å². The van der Waals surface area contributed by atoms with Crippen LogP contribution in [0.5, 0.6) is 0 Å². The summed E-state index contributed by atoms with van der Waals surface area (Å²) in [4.78, 5) is 4.31. The average Bonchev–Trinajstić information content (AvgIpc) is 2.87. The number of aryl methyl sites for hydroxylation is 2. The largest absolute Gasteiger partial charge is 0.310 e. The monoisotopic (exact) mass is 262 g/mol. The Morgan fingerprint density at radius 2 is 2.11 bits per heavy atom. The number of nitrogens with zero attached hydrogens (tertiary/aromatic N) is 5. The van der Waals surface area contributed by atoms with E-state index in [9.17, 15) is 0 Å². The van der Waals surface area contributed by atoms with Gasteiger partial charge in [-0.3, -0.25) is 4.68 Å². The molecule has 6 nitrogen and oxygen atoms in total. The molecule has 0 saturated carbocycles. The van der Waals surface area contributed by atoms with Crippen molar-refractivity contribution in [2.24, 2.45) is 13.0 Å². The molecular weight excluding hydrogens is 240 g/mol. The van der Waals surface area contributed by atoms with Crippen LogP contribution in [-0.4, -0.2) is 31.1 Å². The molecule has 104 valence electrons. The highest BCUT2D eigenvalue weighted by molar-refractivity contribution is 5.08. The molecule has 2 aromatic rings. The predicted molar refractivity (Wildman–Crippen MR) is 73.6 cm³/mol. The normalized spacial score (nSPS) is 11.4. The topological polar surface area (TPSA) is 60.6 Å². The first-order valence-corrected chi connectivity index (χ1v) is 6.63. The lowest BCUT2D eigenvalue weighted by atomic mass is 10.2. The number of nitrogens with one attached hydrogen (secondary N) is 1. The number of aromatic nitrogens is 5. The average molecular weight is 262 g/mol. The third kappa shape index (κ3) is 3.89. The zero-order valence-corrected chi connectivity index (χ0v) is 12.1. The van der Waals surface area contributed by atoms with Crippen molar-refractivity contribution >= 4 is 0 Å². The van der Waals surface area contributed by atoms with Crippen molar-refractivity contribution in [1.29, 1.82) is 0 Å². The fourth-order valence-corrected chi connectivity index (χ4v) is 1.94. The van der Waals surface area contributed by atoms with Crippen LogP contribution in [0.15, 0.2) is 12.4 Å². The zero-order valence-electron chi connectivity index (χ0n) is 12.1. The highest BCUT2D eigenvalue weighted by Crippen LogP contribution is 2.04. The Bertz CT molecular complexity index is 525. The summed E-state index contributed by atoms with van der Waals surface area (Å²) in [5.74, 6) is 1.47. The van der Waals surface area contributed by atoms with Crippen molar-refractivity contribution in [3.8, 4) is 0 Å². The van der Waals surface area contributed by atoms with Crippen LogP contribution in [0.4, 0.5) is 0 Å². The maximum Gasteiger partial charge on any atom is 0.164 e. The van der Waals surface area contributed by atoms with Gasteiger partial charge >= 0.3 is 0 Å². The first-order valence-electron chi connectivity index (χ1n) is 6.63. The van der Waals surface area contributed by atoms with E-state index in [2.05, 4.69) is 40.4 Å². The van der Waals surface area contributed by atoms with E-state index in [1.54, 1.807) is 6.33 Å².